The van der Waals surface area contributed by atoms with E-state index >= 15 is 0 Å². The van der Waals surface area contributed by atoms with Gasteiger partial charge in [0, 0.05) is 26.2 Å². The molecule has 0 spiro atoms. The van der Waals surface area contributed by atoms with Crippen molar-refractivity contribution < 1.29 is 9.53 Å². The van der Waals surface area contributed by atoms with Gasteiger partial charge < -0.3 is 4.74 Å². The molecule has 0 unspecified atom stereocenters. The van der Waals surface area contributed by atoms with Gasteiger partial charge in [-0.15, -0.1) is 11.3 Å². The molecule has 0 bridgehead atoms. The summed E-state index contributed by atoms with van der Waals surface area (Å²) in [5, 5.41) is 3.92. The number of halogens is 1. The first kappa shape index (κ1) is 13.2. The zero-order chi connectivity index (χ0) is 13.9. The second-order valence-corrected chi connectivity index (χ2v) is 5.73. The van der Waals surface area contributed by atoms with E-state index in [9.17, 15) is 4.79 Å². The van der Waals surface area contributed by atoms with Gasteiger partial charge in [-0.05, 0) is 35.7 Å². The maximum Gasteiger partial charge on any atom is 0.150 e. The summed E-state index contributed by atoms with van der Waals surface area (Å²) in [4.78, 5) is 10.7. The van der Waals surface area contributed by atoms with Crippen molar-refractivity contribution in [2.24, 2.45) is 0 Å². The zero-order valence-corrected chi connectivity index (χ0v) is 12.1. The highest BCUT2D eigenvalue weighted by Crippen LogP contribution is 2.29. The summed E-state index contributed by atoms with van der Waals surface area (Å²) in [7, 11) is 0. The number of benzene rings is 2. The Morgan fingerprint density at radius 2 is 2.10 bits per heavy atom. The maximum absolute atomic E-state index is 10.7. The third-order valence-corrected chi connectivity index (χ3v) is 4.25. The van der Waals surface area contributed by atoms with Crippen LogP contribution in [0.15, 0.2) is 47.8 Å². The molecule has 100 valence electrons. The molecule has 0 N–H and O–H groups in total. The summed E-state index contributed by atoms with van der Waals surface area (Å²) in [6, 6.07) is 13.0. The Morgan fingerprint density at radius 1 is 1.20 bits per heavy atom. The Labute approximate surface area is 125 Å². The fraction of sp³-hybridized carbons (Fsp3) is 0.0625. The standard InChI is InChI=1S/C16H11ClO2S/c17-13-4-5-16-15(7-13)12(10-20-16)9-19-14-3-1-2-11(6-14)8-18/h1-8,10H,9H2. The molecule has 4 heteroatoms. The highest BCUT2D eigenvalue weighted by Gasteiger charge is 2.06. The monoisotopic (exact) mass is 302 g/mol. The number of ether oxygens (including phenoxy) is 1. The van der Waals surface area contributed by atoms with Crippen molar-refractivity contribution in [3.63, 3.8) is 0 Å². The Balaban J connectivity index is 1.82. The number of carbonyl (C=O) groups excluding carboxylic acids is 1. The summed E-state index contributed by atoms with van der Waals surface area (Å²) in [5.74, 6) is 0.691. The molecule has 0 amide bonds. The summed E-state index contributed by atoms with van der Waals surface area (Å²) in [6.07, 6.45) is 0.812. The molecule has 1 heterocycles. The van der Waals surface area contributed by atoms with Crippen molar-refractivity contribution in [3.8, 4) is 5.75 Å². The number of carbonyl (C=O) groups is 1. The van der Waals surface area contributed by atoms with Crippen LogP contribution >= 0.6 is 22.9 Å². The second-order valence-electron chi connectivity index (χ2n) is 4.38. The van der Waals surface area contributed by atoms with Crippen LogP contribution in [-0.4, -0.2) is 6.29 Å². The van der Waals surface area contributed by atoms with Gasteiger partial charge in [0.05, 0.1) is 0 Å². The molecule has 0 aliphatic carbocycles. The van der Waals surface area contributed by atoms with E-state index in [1.807, 2.05) is 30.3 Å². The molecule has 0 atom stereocenters. The molecule has 0 saturated carbocycles. The van der Waals surface area contributed by atoms with Crippen LogP contribution in [0.5, 0.6) is 5.75 Å². The first-order chi connectivity index (χ1) is 9.76. The average Bonchev–Trinajstić information content (AvgIpc) is 2.87. The van der Waals surface area contributed by atoms with E-state index in [1.54, 1.807) is 23.5 Å². The minimum absolute atomic E-state index is 0.461. The van der Waals surface area contributed by atoms with Crippen molar-refractivity contribution in [2.75, 3.05) is 0 Å². The molecular formula is C16H11ClO2S. The molecule has 20 heavy (non-hydrogen) atoms. The molecule has 1 aromatic heterocycles. The van der Waals surface area contributed by atoms with Crippen LogP contribution in [-0.2, 0) is 6.61 Å². The van der Waals surface area contributed by atoms with Crippen molar-refractivity contribution in [3.05, 3.63) is 64.0 Å². The SMILES string of the molecule is O=Cc1cccc(OCc2csc3ccc(Cl)cc23)c1. The number of thiophene rings is 1. The van der Waals surface area contributed by atoms with Gasteiger partial charge >= 0.3 is 0 Å². The predicted octanol–water partition coefficient (Wildman–Crippen LogP) is 4.95. The molecular weight excluding hydrogens is 292 g/mol. The molecule has 0 fully saturated rings. The lowest BCUT2D eigenvalue weighted by molar-refractivity contribution is 0.112. The van der Waals surface area contributed by atoms with Gasteiger partial charge in [0.25, 0.3) is 0 Å². The van der Waals surface area contributed by atoms with Gasteiger partial charge in [-0.1, -0.05) is 23.7 Å². The summed E-state index contributed by atoms with van der Waals surface area (Å²) < 4.78 is 6.94. The van der Waals surface area contributed by atoms with Gasteiger partial charge in [0.1, 0.15) is 18.6 Å². The third-order valence-electron chi connectivity index (χ3n) is 3.00. The fourth-order valence-electron chi connectivity index (χ4n) is 2.00. The third kappa shape index (κ3) is 2.69. The molecule has 0 aliphatic rings. The lowest BCUT2D eigenvalue weighted by atomic mass is 10.2. The van der Waals surface area contributed by atoms with Crippen LogP contribution in [0.4, 0.5) is 0 Å². The molecule has 2 nitrogen and oxygen atoms in total. The Morgan fingerprint density at radius 3 is 2.95 bits per heavy atom. The Bertz CT molecular complexity index is 764. The molecule has 0 aliphatic heterocycles. The van der Waals surface area contributed by atoms with Crippen molar-refractivity contribution in [2.45, 2.75) is 6.61 Å². The largest absolute Gasteiger partial charge is 0.489 e. The van der Waals surface area contributed by atoms with Crippen molar-refractivity contribution >= 4 is 39.3 Å². The van der Waals surface area contributed by atoms with Gasteiger partial charge in [0.15, 0.2) is 0 Å². The highest BCUT2D eigenvalue weighted by atomic mass is 35.5. The van der Waals surface area contributed by atoms with Crippen molar-refractivity contribution in [1.29, 1.82) is 0 Å². The first-order valence-electron chi connectivity index (χ1n) is 6.10. The van der Waals surface area contributed by atoms with E-state index < -0.39 is 0 Å². The van der Waals surface area contributed by atoms with E-state index in [0.29, 0.717) is 17.9 Å². The first-order valence-corrected chi connectivity index (χ1v) is 7.36. The smallest absolute Gasteiger partial charge is 0.150 e. The van der Waals surface area contributed by atoms with E-state index in [-0.39, 0.29) is 0 Å². The summed E-state index contributed by atoms with van der Waals surface area (Å²) in [5.41, 5.74) is 1.71. The molecule has 3 rings (SSSR count). The maximum atomic E-state index is 10.7. The van der Waals surface area contributed by atoms with Gasteiger partial charge in [-0.25, -0.2) is 0 Å². The number of aldehydes is 1. The Kier molecular flexibility index (Phi) is 3.72. The Hall–Kier alpha value is -1.84. The minimum atomic E-state index is 0.461. The lowest BCUT2D eigenvalue weighted by Gasteiger charge is -2.06. The average molecular weight is 303 g/mol. The quantitative estimate of drug-likeness (QED) is 0.638. The summed E-state index contributed by atoms with van der Waals surface area (Å²) >= 11 is 7.70. The van der Waals surface area contributed by atoms with Crippen LogP contribution in [0.3, 0.4) is 0 Å². The topological polar surface area (TPSA) is 26.3 Å². The van der Waals surface area contributed by atoms with E-state index in [1.165, 1.54) is 4.70 Å². The van der Waals surface area contributed by atoms with Gasteiger partial charge in [-0.3, -0.25) is 4.79 Å². The van der Waals surface area contributed by atoms with Crippen LogP contribution in [0.1, 0.15) is 15.9 Å². The van der Waals surface area contributed by atoms with Crippen LogP contribution in [0.2, 0.25) is 5.02 Å². The van der Waals surface area contributed by atoms with E-state index in [0.717, 1.165) is 22.3 Å². The van der Waals surface area contributed by atoms with Crippen molar-refractivity contribution in [1.82, 2.24) is 0 Å². The minimum Gasteiger partial charge on any atom is -0.489 e. The van der Waals surface area contributed by atoms with Crippen LogP contribution in [0.25, 0.3) is 10.1 Å². The van der Waals surface area contributed by atoms with Gasteiger partial charge in [0.2, 0.25) is 0 Å². The molecule has 3 aromatic rings. The number of hydrogen-bond acceptors (Lipinski definition) is 3. The van der Waals surface area contributed by atoms with E-state index in [2.05, 4.69) is 5.38 Å². The fourth-order valence-corrected chi connectivity index (χ4v) is 3.10. The predicted molar refractivity (Wildman–Crippen MR) is 83.0 cm³/mol. The van der Waals surface area contributed by atoms with E-state index in [4.69, 9.17) is 16.3 Å². The normalized spacial score (nSPS) is 10.7. The molecule has 0 saturated heterocycles. The molecule has 0 radical (unpaired) electrons. The number of fused-ring (bicyclic) bond motifs is 1. The van der Waals surface area contributed by atoms with Crippen LogP contribution in [0, 0.1) is 0 Å². The lowest BCUT2D eigenvalue weighted by Crippen LogP contribution is -1.95. The van der Waals surface area contributed by atoms with Crippen LogP contribution < -0.4 is 4.74 Å². The van der Waals surface area contributed by atoms with Gasteiger partial charge in [-0.2, -0.15) is 0 Å². The molecule has 2 aromatic carbocycles. The highest BCUT2D eigenvalue weighted by molar-refractivity contribution is 7.17. The summed E-state index contributed by atoms with van der Waals surface area (Å²) in [6.45, 7) is 0.461. The zero-order valence-electron chi connectivity index (χ0n) is 10.5. The second kappa shape index (κ2) is 5.65. The number of rotatable bonds is 4. The number of hydrogen-bond donors (Lipinski definition) is 0.